The fraction of sp³-hybridized carbons (Fsp3) is 0. The van der Waals surface area contributed by atoms with Crippen LogP contribution in [0.1, 0.15) is 0 Å². The number of aliphatic imine (C=N–C) groups is 2. The molecule has 13 heavy (non-hydrogen) atoms. The largest absolute Gasteiger partial charge is 0.370 e. The van der Waals surface area contributed by atoms with Crippen molar-refractivity contribution in [1.82, 2.24) is 5.32 Å². The summed E-state index contributed by atoms with van der Waals surface area (Å²) in [5.41, 5.74) is 12.0. The van der Waals surface area contributed by atoms with Crippen LogP contribution in [0.3, 0.4) is 0 Å². The van der Waals surface area contributed by atoms with Gasteiger partial charge in [-0.2, -0.15) is 4.99 Å². The highest BCUT2D eigenvalue weighted by atomic mass is 15.2. The molecule has 4 N–H and O–H groups in total. The number of para-hydroxylation sites is 2. The first kappa shape index (κ1) is 7.60. The zero-order chi connectivity index (χ0) is 9.26. The SMILES string of the molecule is NC(N)=NC1=Nc2ccccc2[N]1. The number of hydrogen-bond donors (Lipinski definition) is 2. The van der Waals surface area contributed by atoms with Crippen molar-refractivity contribution in [2.45, 2.75) is 0 Å². The maximum absolute atomic E-state index is 5.19. The molecule has 0 atom stereocenters. The maximum Gasteiger partial charge on any atom is 0.253 e. The third kappa shape index (κ3) is 1.44. The van der Waals surface area contributed by atoms with E-state index in [-0.39, 0.29) is 5.96 Å². The minimum absolute atomic E-state index is 0.0321. The van der Waals surface area contributed by atoms with Gasteiger partial charge >= 0.3 is 0 Å². The molecule has 0 spiro atoms. The lowest BCUT2D eigenvalue weighted by molar-refractivity contribution is 1.26. The average Bonchev–Trinajstić information content (AvgIpc) is 2.44. The Hall–Kier alpha value is -2.04. The van der Waals surface area contributed by atoms with Crippen molar-refractivity contribution in [3.8, 4) is 0 Å². The molecule has 2 rings (SSSR count). The van der Waals surface area contributed by atoms with Crippen molar-refractivity contribution in [1.29, 1.82) is 0 Å². The van der Waals surface area contributed by atoms with Crippen molar-refractivity contribution in [3.05, 3.63) is 24.3 Å². The van der Waals surface area contributed by atoms with Gasteiger partial charge in [0.05, 0.1) is 11.4 Å². The zero-order valence-corrected chi connectivity index (χ0v) is 6.81. The average molecular weight is 174 g/mol. The van der Waals surface area contributed by atoms with Gasteiger partial charge in [-0.15, -0.1) is 0 Å². The van der Waals surface area contributed by atoms with Gasteiger partial charge < -0.3 is 11.5 Å². The quantitative estimate of drug-likeness (QED) is 0.434. The van der Waals surface area contributed by atoms with E-state index < -0.39 is 0 Å². The summed E-state index contributed by atoms with van der Waals surface area (Å²) in [6, 6.07) is 7.48. The maximum atomic E-state index is 5.19. The van der Waals surface area contributed by atoms with Crippen LogP contribution in [0.25, 0.3) is 0 Å². The smallest absolute Gasteiger partial charge is 0.253 e. The normalized spacial score (nSPS) is 12.8. The van der Waals surface area contributed by atoms with E-state index in [1.54, 1.807) is 0 Å². The molecule has 1 aliphatic heterocycles. The van der Waals surface area contributed by atoms with Gasteiger partial charge in [-0.3, -0.25) is 0 Å². The Kier molecular flexibility index (Phi) is 1.63. The van der Waals surface area contributed by atoms with Crippen LogP contribution in [-0.2, 0) is 0 Å². The van der Waals surface area contributed by atoms with Gasteiger partial charge in [0.25, 0.3) is 5.96 Å². The van der Waals surface area contributed by atoms with Gasteiger partial charge in [-0.25, -0.2) is 10.3 Å². The highest BCUT2D eigenvalue weighted by Crippen LogP contribution is 2.29. The van der Waals surface area contributed by atoms with Crippen LogP contribution in [0.2, 0.25) is 0 Å². The van der Waals surface area contributed by atoms with Gasteiger partial charge in [0, 0.05) is 0 Å². The van der Waals surface area contributed by atoms with Crippen molar-refractivity contribution in [2.24, 2.45) is 21.5 Å². The lowest BCUT2D eigenvalue weighted by Gasteiger charge is -1.92. The molecule has 1 radical (unpaired) electrons. The van der Waals surface area contributed by atoms with Gasteiger partial charge in [0.15, 0.2) is 5.96 Å². The first-order valence-corrected chi connectivity index (χ1v) is 3.75. The Morgan fingerprint density at radius 3 is 2.46 bits per heavy atom. The molecule has 0 aliphatic carbocycles. The molecule has 1 aromatic carbocycles. The van der Waals surface area contributed by atoms with Crippen molar-refractivity contribution in [3.63, 3.8) is 0 Å². The van der Waals surface area contributed by atoms with E-state index in [1.807, 2.05) is 24.3 Å². The summed E-state index contributed by atoms with van der Waals surface area (Å²) >= 11 is 0. The summed E-state index contributed by atoms with van der Waals surface area (Å²) in [4.78, 5) is 7.84. The second-order valence-corrected chi connectivity index (χ2v) is 2.55. The molecular formula is C8H8N5. The fourth-order valence-corrected chi connectivity index (χ4v) is 1.06. The van der Waals surface area contributed by atoms with Crippen LogP contribution in [0.15, 0.2) is 34.3 Å². The topological polar surface area (TPSA) is 90.9 Å². The number of fused-ring (bicyclic) bond motifs is 1. The molecule has 65 valence electrons. The molecule has 0 aromatic heterocycles. The van der Waals surface area contributed by atoms with Gasteiger partial charge in [0.2, 0.25) is 0 Å². The highest BCUT2D eigenvalue weighted by Gasteiger charge is 2.13. The molecule has 0 saturated carbocycles. The minimum Gasteiger partial charge on any atom is -0.370 e. The molecule has 1 aromatic rings. The van der Waals surface area contributed by atoms with E-state index in [4.69, 9.17) is 11.5 Å². The predicted octanol–water partition coefficient (Wildman–Crippen LogP) is 0.197. The van der Waals surface area contributed by atoms with Crippen LogP contribution in [-0.4, -0.2) is 11.9 Å². The second kappa shape index (κ2) is 2.78. The molecule has 1 heterocycles. The standard InChI is InChI=1S/C8H8N5/c9-7(10)13-8-11-5-3-1-2-4-6(5)12-8/h1-4H,(H4,9,10,11,13). The van der Waals surface area contributed by atoms with E-state index in [0.717, 1.165) is 11.4 Å². The zero-order valence-electron chi connectivity index (χ0n) is 6.81. The first-order valence-electron chi connectivity index (χ1n) is 3.75. The van der Waals surface area contributed by atoms with E-state index in [9.17, 15) is 0 Å². The predicted molar refractivity (Wildman–Crippen MR) is 51.1 cm³/mol. The van der Waals surface area contributed by atoms with Crippen LogP contribution in [0, 0.1) is 0 Å². The number of nitrogens with two attached hydrogens (primary N) is 2. The van der Waals surface area contributed by atoms with Crippen LogP contribution in [0.4, 0.5) is 11.4 Å². The summed E-state index contributed by atoms with van der Waals surface area (Å²) in [6.07, 6.45) is 0. The van der Waals surface area contributed by atoms with Crippen molar-refractivity contribution in [2.75, 3.05) is 0 Å². The number of guanidine groups is 2. The molecule has 0 fully saturated rings. The molecule has 0 unspecified atom stereocenters. The summed E-state index contributed by atoms with van der Waals surface area (Å²) < 4.78 is 0. The Morgan fingerprint density at radius 1 is 1.15 bits per heavy atom. The van der Waals surface area contributed by atoms with E-state index in [2.05, 4.69) is 15.3 Å². The molecule has 1 aliphatic rings. The summed E-state index contributed by atoms with van der Waals surface area (Å²) in [7, 11) is 0. The number of hydrogen-bond acceptors (Lipinski definition) is 2. The molecule has 0 amide bonds. The summed E-state index contributed by atoms with van der Waals surface area (Å²) in [6.45, 7) is 0. The third-order valence-electron chi connectivity index (χ3n) is 1.55. The highest BCUT2D eigenvalue weighted by molar-refractivity contribution is 6.00. The molecule has 5 nitrogen and oxygen atoms in total. The minimum atomic E-state index is -0.0321. The van der Waals surface area contributed by atoms with E-state index in [1.165, 1.54) is 0 Å². The van der Waals surface area contributed by atoms with Crippen LogP contribution < -0.4 is 16.8 Å². The van der Waals surface area contributed by atoms with E-state index >= 15 is 0 Å². The van der Waals surface area contributed by atoms with Crippen LogP contribution in [0.5, 0.6) is 0 Å². The Bertz CT molecular complexity index is 389. The number of nitrogens with zero attached hydrogens (tertiary/aromatic N) is 3. The van der Waals surface area contributed by atoms with Gasteiger partial charge in [0.1, 0.15) is 0 Å². The lowest BCUT2D eigenvalue weighted by atomic mass is 10.3. The first-order chi connectivity index (χ1) is 6.25. The monoisotopic (exact) mass is 174 g/mol. The number of benzene rings is 1. The fourth-order valence-electron chi connectivity index (χ4n) is 1.06. The Labute approximate surface area is 75.2 Å². The van der Waals surface area contributed by atoms with E-state index in [0.29, 0.717) is 5.96 Å². The van der Waals surface area contributed by atoms with Crippen molar-refractivity contribution >= 4 is 23.3 Å². The molecular weight excluding hydrogens is 166 g/mol. The lowest BCUT2D eigenvalue weighted by Crippen LogP contribution is -2.25. The third-order valence-corrected chi connectivity index (χ3v) is 1.55. The number of rotatable bonds is 0. The van der Waals surface area contributed by atoms with Crippen LogP contribution >= 0.6 is 0 Å². The Balaban J connectivity index is 2.31. The van der Waals surface area contributed by atoms with Gasteiger partial charge in [-0.05, 0) is 12.1 Å². The Morgan fingerprint density at radius 2 is 1.85 bits per heavy atom. The summed E-state index contributed by atoms with van der Waals surface area (Å²) in [5, 5.41) is 4.09. The molecule has 0 bridgehead atoms. The summed E-state index contributed by atoms with van der Waals surface area (Å²) in [5.74, 6) is 0.275. The van der Waals surface area contributed by atoms with Crippen molar-refractivity contribution < 1.29 is 0 Å². The molecule has 0 saturated heterocycles. The second-order valence-electron chi connectivity index (χ2n) is 2.55. The molecule has 5 heteroatoms. The van der Waals surface area contributed by atoms with Gasteiger partial charge in [-0.1, -0.05) is 12.1 Å².